The molecule has 0 spiro atoms. The van der Waals surface area contributed by atoms with Crippen LogP contribution in [0.25, 0.3) is 0 Å². The summed E-state index contributed by atoms with van der Waals surface area (Å²) in [5.41, 5.74) is -0.379. The topological polar surface area (TPSA) is 36.9 Å². The van der Waals surface area contributed by atoms with Crippen molar-refractivity contribution in [1.82, 2.24) is 0 Å². The molecule has 1 fully saturated rings. The van der Waals surface area contributed by atoms with Crippen molar-refractivity contribution in [3.05, 3.63) is 0 Å². The maximum atomic E-state index is 6.33. The third kappa shape index (κ3) is 6.29. The third-order valence-corrected chi connectivity index (χ3v) is 4.88. The van der Waals surface area contributed by atoms with Crippen molar-refractivity contribution in [2.75, 3.05) is 26.4 Å². The fraction of sp³-hybridized carbons (Fsp3) is 1.00. The Morgan fingerprint density at radius 1 is 0.875 bits per heavy atom. The van der Waals surface area contributed by atoms with Crippen molar-refractivity contribution in [3.63, 3.8) is 0 Å². The van der Waals surface area contributed by atoms with Gasteiger partial charge in [-0.05, 0) is 32.6 Å². The van der Waals surface area contributed by atoms with Crippen LogP contribution in [0.2, 0.25) is 0 Å². The van der Waals surface area contributed by atoms with Crippen LogP contribution >= 0.6 is 0 Å². The second-order valence-corrected chi connectivity index (χ2v) is 7.03. The summed E-state index contributed by atoms with van der Waals surface area (Å²) in [6.45, 7) is 13.8. The summed E-state index contributed by atoms with van der Waals surface area (Å²) in [4.78, 5) is 0. The van der Waals surface area contributed by atoms with Crippen LogP contribution in [0.3, 0.4) is 0 Å². The van der Waals surface area contributed by atoms with Crippen LogP contribution in [0, 0.1) is 0 Å². The zero-order valence-electron chi connectivity index (χ0n) is 16.6. The quantitative estimate of drug-likeness (QED) is 0.426. The molecule has 1 saturated heterocycles. The van der Waals surface area contributed by atoms with Crippen molar-refractivity contribution in [3.8, 4) is 0 Å². The first-order valence-corrected chi connectivity index (χ1v) is 10.1. The zero-order valence-corrected chi connectivity index (χ0v) is 16.6. The van der Waals surface area contributed by atoms with Crippen molar-refractivity contribution in [1.29, 1.82) is 0 Å². The van der Waals surface area contributed by atoms with Gasteiger partial charge in [0, 0.05) is 19.8 Å². The minimum Gasteiger partial charge on any atom is -0.379 e. The first-order valence-electron chi connectivity index (χ1n) is 10.1. The highest BCUT2D eigenvalue weighted by molar-refractivity contribution is 5.03. The lowest BCUT2D eigenvalue weighted by Crippen LogP contribution is -2.50. The second-order valence-electron chi connectivity index (χ2n) is 7.03. The van der Waals surface area contributed by atoms with E-state index >= 15 is 0 Å². The number of hydrogen-bond acceptors (Lipinski definition) is 4. The molecule has 0 aromatic carbocycles. The van der Waals surface area contributed by atoms with E-state index < -0.39 is 0 Å². The van der Waals surface area contributed by atoms with E-state index in [-0.39, 0.29) is 23.9 Å². The summed E-state index contributed by atoms with van der Waals surface area (Å²) in [5, 5.41) is 0. The fourth-order valence-corrected chi connectivity index (χ4v) is 3.28. The van der Waals surface area contributed by atoms with Gasteiger partial charge in [0.2, 0.25) is 0 Å². The maximum Gasteiger partial charge on any atom is 0.120 e. The first-order chi connectivity index (χ1) is 11.6. The molecule has 0 radical (unpaired) electrons. The second kappa shape index (κ2) is 12.2. The molecule has 1 aliphatic rings. The molecule has 0 aromatic heterocycles. The molecule has 4 unspecified atom stereocenters. The fourth-order valence-electron chi connectivity index (χ4n) is 3.28. The largest absolute Gasteiger partial charge is 0.379 e. The van der Waals surface area contributed by atoms with Gasteiger partial charge in [0.05, 0.1) is 12.7 Å². The lowest BCUT2D eigenvalue weighted by molar-refractivity contribution is -0.136. The number of ether oxygens (including phenoxy) is 4. The van der Waals surface area contributed by atoms with Gasteiger partial charge >= 0.3 is 0 Å². The average molecular weight is 345 g/mol. The monoisotopic (exact) mass is 344 g/mol. The number of rotatable bonds is 14. The number of hydrogen-bond donors (Lipinski definition) is 0. The van der Waals surface area contributed by atoms with Crippen LogP contribution in [0.5, 0.6) is 0 Å². The van der Waals surface area contributed by atoms with Gasteiger partial charge in [-0.15, -0.1) is 0 Å². The van der Waals surface area contributed by atoms with E-state index in [1.165, 1.54) is 0 Å². The molecule has 24 heavy (non-hydrogen) atoms. The van der Waals surface area contributed by atoms with Crippen LogP contribution in [0.15, 0.2) is 0 Å². The summed E-state index contributed by atoms with van der Waals surface area (Å²) < 4.78 is 24.7. The summed E-state index contributed by atoms with van der Waals surface area (Å²) in [7, 11) is 0. The van der Waals surface area contributed by atoms with Gasteiger partial charge in [-0.25, -0.2) is 0 Å². The lowest BCUT2D eigenvalue weighted by Gasteiger charge is -2.35. The summed E-state index contributed by atoms with van der Waals surface area (Å²) in [5.74, 6) is 0. The smallest absolute Gasteiger partial charge is 0.120 e. The SMILES string of the molecule is CCCCOCC1OC(CC)C(C)(OCCCC)C1OCCCC. The molecule has 0 N–H and O–H groups in total. The molecule has 1 heterocycles. The van der Waals surface area contributed by atoms with Crippen LogP contribution in [0.1, 0.15) is 79.6 Å². The average Bonchev–Trinajstić information content (AvgIpc) is 2.84. The van der Waals surface area contributed by atoms with E-state index in [1.807, 2.05) is 0 Å². The molecule has 4 heteroatoms. The zero-order chi connectivity index (χ0) is 17.8. The number of unbranched alkanes of at least 4 members (excludes halogenated alkanes) is 3. The van der Waals surface area contributed by atoms with Gasteiger partial charge in [-0.1, -0.05) is 47.0 Å². The van der Waals surface area contributed by atoms with Crippen molar-refractivity contribution < 1.29 is 18.9 Å². The standard InChI is InChI=1S/C20H40O4/c1-6-10-13-21-16-17-19(22-14-11-7-2)20(5,18(9-4)24-17)23-15-12-8-3/h17-19H,6-16H2,1-5H3. The molecule has 0 bridgehead atoms. The Morgan fingerprint density at radius 2 is 1.50 bits per heavy atom. The van der Waals surface area contributed by atoms with Crippen molar-refractivity contribution >= 4 is 0 Å². The molecule has 1 aliphatic heterocycles. The Bertz CT molecular complexity index is 310. The minimum atomic E-state index is -0.379. The Balaban J connectivity index is 2.73. The molecule has 0 aliphatic carbocycles. The van der Waals surface area contributed by atoms with Crippen LogP contribution in [0.4, 0.5) is 0 Å². The highest BCUT2D eigenvalue weighted by Gasteiger charge is 2.54. The highest BCUT2D eigenvalue weighted by atomic mass is 16.6. The van der Waals surface area contributed by atoms with E-state index in [4.69, 9.17) is 18.9 Å². The molecule has 0 saturated carbocycles. The normalized spacial score (nSPS) is 30.1. The Hall–Kier alpha value is -0.160. The first kappa shape index (κ1) is 21.9. The third-order valence-electron chi connectivity index (χ3n) is 4.88. The van der Waals surface area contributed by atoms with E-state index in [2.05, 4.69) is 34.6 Å². The molecule has 144 valence electrons. The molecular weight excluding hydrogens is 304 g/mol. The van der Waals surface area contributed by atoms with E-state index in [0.29, 0.717) is 6.61 Å². The van der Waals surface area contributed by atoms with Gasteiger partial charge in [0.15, 0.2) is 0 Å². The Labute approximate surface area is 149 Å². The summed E-state index contributed by atoms with van der Waals surface area (Å²) in [6.07, 6.45) is 7.58. The Morgan fingerprint density at radius 3 is 2.12 bits per heavy atom. The minimum absolute atomic E-state index is 0.0321. The molecule has 4 atom stereocenters. The lowest BCUT2D eigenvalue weighted by atomic mass is 9.90. The maximum absolute atomic E-state index is 6.33. The van der Waals surface area contributed by atoms with E-state index in [0.717, 1.165) is 64.8 Å². The Kier molecular flexibility index (Phi) is 11.2. The van der Waals surface area contributed by atoms with Gasteiger partial charge in [-0.2, -0.15) is 0 Å². The van der Waals surface area contributed by atoms with Crippen LogP contribution in [-0.2, 0) is 18.9 Å². The van der Waals surface area contributed by atoms with Gasteiger partial charge in [0.1, 0.15) is 17.8 Å². The van der Waals surface area contributed by atoms with Crippen LogP contribution in [-0.4, -0.2) is 50.3 Å². The van der Waals surface area contributed by atoms with Gasteiger partial charge < -0.3 is 18.9 Å². The molecule has 0 aromatic rings. The molecular formula is C20H40O4. The predicted molar refractivity (Wildman–Crippen MR) is 98.6 cm³/mol. The molecule has 0 amide bonds. The van der Waals surface area contributed by atoms with Crippen LogP contribution < -0.4 is 0 Å². The van der Waals surface area contributed by atoms with Gasteiger partial charge in [0.25, 0.3) is 0 Å². The molecule has 1 rings (SSSR count). The predicted octanol–water partition coefficient (Wildman–Crippen LogP) is 4.74. The van der Waals surface area contributed by atoms with Crippen molar-refractivity contribution in [2.24, 2.45) is 0 Å². The molecule has 4 nitrogen and oxygen atoms in total. The summed E-state index contributed by atoms with van der Waals surface area (Å²) in [6, 6.07) is 0. The van der Waals surface area contributed by atoms with E-state index in [9.17, 15) is 0 Å². The summed E-state index contributed by atoms with van der Waals surface area (Å²) >= 11 is 0. The van der Waals surface area contributed by atoms with Crippen molar-refractivity contribution in [2.45, 2.75) is 103 Å². The van der Waals surface area contributed by atoms with E-state index in [1.54, 1.807) is 0 Å². The highest BCUT2D eigenvalue weighted by Crippen LogP contribution is 2.38. The van der Waals surface area contributed by atoms with Gasteiger partial charge in [-0.3, -0.25) is 0 Å².